The first-order chi connectivity index (χ1) is 15.5. The van der Waals surface area contributed by atoms with E-state index in [1.165, 1.54) is 11.1 Å². The van der Waals surface area contributed by atoms with Gasteiger partial charge in [-0.15, -0.1) is 0 Å². The van der Waals surface area contributed by atoms with E-state index in [2.05, 4.69) is 33.5 Å². The van der Waals surface area contributed by atoms with Crippen molar-refractivity contribution < 1.29 is 9.53 Å². The van der Waals surface area contributed by atoms with Gasteiger partial charge in [-0.05, 0) is 38.3 Å². The Labute approximate surface area is 190 Å². The van der Waals surface area contributed by atoms with Crippen LogP contribution in [0.3, 0.4) is 0 Å². The maximum Gasteiger partial charge on any atom is 0.255 e. The lowest BCUT2D eigenvalue weighted by molar-refractivity contribution is 0.0907. The van der Waals surface area contributed by atoms with E-state index in [-0.39, 0.29) is 11.9 Å². The van der Waals surface area contributed by atoms with Crippen molar-refractivity contribution in [3.8, 4) is 5.75 Å². The minimum Gasteiger partial charge on any atom is -0.496 e. The molecule has 0 spiro atoms. The fourth-order valence-corrected chi connectivity index (χ4v) is 4.50. The molecule has 2 aromatic carbocycles. The molecule has 0 atom stereocenters. The van der Waals surface area contributed by atoms with Crippen LogP contribution in [0.25, 0.3) is 0 Å². The summed E-state index contributed by atoms with van der Waals surface area (Å²) in [6.45, 7) is 7.34. The Morgan fingerprint density at radius 1 is 1.03 bits per heavy atom. The third kappa shape index (κ3) is 5.02. The van der Waals surface area contributed by atoms with Crippen molar-refractivity contribution in [2.75, 3.05) is 20.2 Å². The Bertz CT molecular complexity index is 1050. The second-order valence-electron chi connectivity index (χ2n) is 8.52. The molecule has 1 saturated heterocycles. The molecule has 2 heterocycles. The van der Waals surface area contributed by atoms with Crippen LogP contribution in [0.2, 0.25) is 0 Å². The summed E-state index contributed by atoms with van der Waals surface area (Å²) in [4.78, 5) is 15.5. The average Bonchev–Trinajstić information content (AvgIpc) is 3.09. The van der Waals surface area contributed by atoms with Crippen LogP contribution in [0.5, 0.6) is 5.75 Å². The molecule has 1 aromatic heterocycles. The fraction of sp³-hybridized carbons (Fsp3) is 0.385. The van der Waals surface area contributed by atoms with Gasteiger partial charge < -0.3 is 10.1 Å². The topological polar surface area (TPSA) is 59.4 Å². The van der Waals surface area contributed by atoms with Crippen molar-refractivity contribution in [1.82, 2.24) is 20.0 Å². The Hall–Kier alpha value is -3.12. The van der Waals surface area contributed by atoms with Gasteiger partial charge in [-0.3, -0.25) is 14.4 Å². The van der Waals surface area contributed by atoms with Crippen molar-refractivity contribution in [3.63, 3.8) is 0 Å². The molecule has 1 fully saturated rings. The first-order valence-corrected chi connectivity index (χ1v) is 11.3. The molecule has 0 aliphatic carbocycles. The quantitative estimate of drug-likeness (QED) is 0.614. The van der Waals surface area contributed by atoms with E-state index in [1.54, 1.807) is 7.11 Å². The third-order valence-electron chi connectivity index (χ3n) is 6.29. The standard InChI is InChI=1S/C26H32N4O2/c1-19-25(20(2)30(28-19)17-21-9-5-4-6-10-21)26(31)27-23-13-15-29(16-14-23)18-22-11-7-8-12-24(22)32-3/h4-12,23H,13-18H2,1-3H3,(H,27,31). The number of likely N-dealkylation sites (tertiary alicyclic amines) is 1. The van der Waals surface area contributed by atoms with Gasteiger partial charge in [0.1, 0.15) is 5.75 Å². The Balaban J connectivity index is 1.34. The number of rotatable bonds is 7. The molecule has 6 nitrogen and oxygen atoms in total. The van der Waals surface area contributed by atoms with Gasteiger partial charge in [-0.1, -0.05) is 48.5 Å². The summed E-state index contributed by atoms with van der Waals surface area (Å²) in [6, 6.07) is 18.6. The number of hydrogen-bond donors (Lipinski definition) is 1. The van der Waals surface area contributed by atoms with Gasteiger partial charge in [-0.25, -0.2) is 0 Å². The van der Waals surface area contributed by atoms with Crippen LogP contribution < -0.4 is 10.1 Å². The number of piperidine rings is 1. The van der Waals surface area contributed by atoms with Crippen molar-refractivity contribution in [1.29, 1.82) is 0 Å². The second-order valence-corrected chi connectivity index (χ2v) is 8.52. The molecule has 0 unspecified atom stereocenters. The molecule has 168 valence electrons. The highest BCUT2D eigenvalue weighted by molar-refractivity contribution is 5.96. The van der Waals surface area contributed by atoms with Gasteiger partial charge in [0.05, 0.1) is 24.9 Å². The van der Waals surface area contributed by atoms with Gasteiger partial charge in [0.25, 0.3) is 5.91 Å². The molecule has 1 amide bonds. The molecule has 32 heavy (non-hydrogen) atoms. The number of para-hydroxylation sites is 1. The summed E-state index contributed by atoms with van der Waals surface area (Å²) >= 11 is 0. The largest absolute Gasteiger partial charge is 0.496 e. The number of methoxy groups -OCH3 is 1. The summed E-state index contributed by atoms with van der Waals surface area (Å²) in [7, 11) is 1.71. The highest BCUT2D eigenvalue weighted by atomic mass is 16.5. The van der Waals surface area contributed by atoms with Crippen LogP contribution in [0.1, 0.15) is 45.7 Å². The van der Waals surface area contributed by atoms with E-state index in [1.807, 2.05) is 54.9 Å². The number of nitrogens with one attached hydrogen (secondary N) is 1. The molecule has 4 rings (SSSR count). The average molecular weight is 433 g/mol. The van der Waals surface area contributed by atoms with Crippen molar-refractivity contribution in [2.24, 2.45) is 0 Å². The van der Waals surface area contributed by atoms with Gasteiger partial charge in [0.2, 0.25) is 0 Å². The van der Waals surface area contributed by atoms with Gasteiger partial charge >= 0.3 is 0 Å². The summed E-state index contributed by atoms with van der Waals surface area (Å²) in [5.74, 6) is 0.920. The monoisotopic (exact) mass is 432 g/mol. The van der Waals surface area contributed by atoms with Crippen LogP contribution in [-0.2, 0) is 13.1 Å². The minimum atomic E-state index is -0.0116. The maximum atomic E-state index is 13.1. The number of amides is 1. The van der Waals surface area contributed by atoms with Crippen LogP contribution >= 0.6 is 0 Å². The first kappa shape index (κ1) is 22.1. The summed E-state index contributed by atoms with van der Waals surface area (Å²) in [5.41, 5.74) is 4.78. The molecule has 0 saturated carbocycles. The van der Waals surface area contributed by atoms with Gasteiger partial charge in [0, 0.05) is 36.9 Å². The number of ether oxygens (including phenoxy) is 1. The molecule has 1 aliphatic rings. The molecular formula is C26H32N4O2. The number of carbonyl (C=O) groups is 1. The Morgan fingerprint density at radius 2 is 1.72 bits per heavy atom. The van der Waals surface area contributed by atoms with Crippen LogP contribution in [-0.4, -0.2) is 46.8 Å². The van der Waals surface area contributed by atoms with E-state index in [9.17, 15) is 4.79 Å². The van der Waals surface area contributed by atoms with E-state index in [4.69, 9.17) is 4.74 Å². The van der Waals surface area contributed by atoms with Crippen molar-refractivity contribution in [2.45, 2.75) is 45.8 Å². The highest BCUT2D eigenvalue weighted by Crippen LogP contribution is 2.22. The summed E-state index contributed by atoms with van der Waals surface area (Å²) in [5, 5.41) is 7.89. The van der Waals surface area contributed by atoms with E-state index in [0.29, 0.717) is 12.1 Å². The lowest BCUT2D eigenvalue weighted by atomic mass is 10.0. The first-order valence-electron chi connectivity index (χ1n) is 11.3. The Kier molecular flexibility index (Phi) is 6.90. The van der Waals surface area contributed by atoms with Crippen LogP contribution in [0, 0.1) is 13.8 Å². The van der Waals surface area contributed by atoms with Crippen molar-refractivity contribution in [3.05, 3.63) is 82.7 Å². The van der Waals surface area contributed by atoms with Gasteiger partial charge in [-0.2, -0.15) is 5.10 Å². The molecule has 1 aliphatic heterocycles. The molecular weight excluding hydrogens is 400 g/mol. The number of benzene rings is 2. The van der Waals surface area contributed by atoms with E-state index >= 15 is 0 Å². The highest BCUT2D eigenvalue weighted by Gasteiger charge is 2.25. The predicted molar refractivity (Wildman–Crippen MR) is 126 cm³/mol. The predicted octanol–water partition coefficient (Wildman–Crippen LogP) is 3.95. The zero-order chi connectivity index (χ0) is 22.5. The van der Waals surface area contributed by atoms with Crippen LogP contribution in [0.4, 0.5) is 0 Å². The van der Waals surface area contributed by atoms with Gasteiger partial charge in [0.15, 0.2) is 0 Å². The number of hydrogen-bond acceptors (Lipinski definition) is 4. The van der Waals surface area contributed by atoms with E-state index in [0.717, 1.165) is 49.6 Å². The normalized spacial score (nSPS) is 15.0. The molecule has 3 aromatic rings. The minimum absolute atomic E-state index is 0.0116. The molecule has 0 radical (unpaired) electrons. The number of nitrogens with zero attached hydrogens (tertiary/aromatic N) is 3. The third-order valence-corrected chi connectivity index (χ3v) is 6.29. The smallest absolute Gasteiger partial charge is 0.255 e. The number of aryl methyl sites for hydroxylation is 1. The Morgan fingerprint density at radius 3 is 2.44 bits per heavy atom. The fourth-order valence-electron chi connectivity index (χ4n) is 4.50. The summed E-state index contributed by atoms with van der Waals surface area (Å²) in [6.07, 6.45) is 1.88. The molecule has 1 N–H and O–H groups in total. The van der Waals surface area contributed by atoms with Crippen molar-refractivity contribution >= 4 is 5.91 Å². The molecule has 6 heteroatoms. The van der Waals surface area contributed by atoms with Crippen LogP contribution in [0.15, 0.2) is 54.6 Å². The number of carbonyl (C=O) groups excluding carboxylic acids is 1. The summed E-state index contributed by atoms with van der Waals surface area (Å²) < 4.78 is 7.41. The second kappa shape index (κ2) is 10.0. The maximum absolute atomic E-state index is 13.1. The lowest BCUT2D eigenvalue weighted by Gasteiger charge is -2.32. The zero-order valence-electron chi connectivity index (χ0n) is 19.2. The van der Waals surface area contributed by atoms with E-state index < -0.39 is 0 Å². The molecule has 0 bridgehead atoms. The SMILES string of the molecule is COc1ccccc1CN1CCC(NC(=O)c2c(C)nn(Cc3ccccc3)c2C)CC1. The number of aromatic nitrogens is 2. The zero-order valence-corrected chi connectivity index (χ0v) is 19.2. The lowest BCUT2D eigenvalue weighted by Crippen LogP contribution is -2.44.